The van der Waals surface area contributed by atoms with E-state index in [9.17, 15) is 14.4 Å². The zero-order chi connectivity index (χ0) is 19.2. The first kappa shape index (κ1) is 18.4. The highest BCUT2D eigenvalue weighted by molar-refractivity contribution is 6.01. The van der Waals surface area contributed by atoms with Gasteiger partial charge in [0.25, 0.3) is 0 Å². The fourth-order valence-electron chi connectivity index (χ4n) is 2.94. The van der Waals surface area contributed by atoms with Crippen LogP contribution in [0.25, 0.3) is 0 Å². The first-order valence-corrected chi connectivity index (χ1v) is 8.84. The van der Waals surface area contributed by atoms with Gasteiger partial charge in [0, 0.05) is 17.9 Å². The minimum absolute atomic E-state index is 0.0294. The zero-order valence-electron chi connectivity index (χ0n) is 15.1. The monoisotopic (exact) mass is 366 g/mol. The fourth-order valence-corrected chi connectivity index (χ4v) is 2.94. The molecule has 0 aliphatic carbocycles. The van der Waals surface area contributed by atoms with Crippen LogP contribution in [-0.4, -0.2) is 42.4 Å². The first-order chi connectivity index (χ1) is 13.1. The SMILES string of the molecule is CCN(CC(=O)Nc1cccc(CN2C(=O)CNC2=O)c1)c1ccccc1. The van der Waals surface area contributed by atoms with Crippen LogP contribution in [0.4, 0.5) is 16.2 Å². The van der Waals surface area contributed by atoms with Crippen molar-refractivity contribution in [3.63, 3.8) is 0 Å². The minimum atomic E-state index is -0.393. The molecule has 1 saturated heterocycles. The molecule has 7 nitrogen and oxygen atoms in total. The average Bonchev–Trinajstić information content (AvgIpc) is 2.99. The van der Waals surface area contributed by atoms with E-state index in [-0.39, 0.29) is 31.4 Å². The number of para-hydroxylation sites is 1. The van der Waals surface area contributed by atoms with Gasteiger partial charge in [-0.2, -0.15) is 0 Å². The summed E-state index contributed by atoms with van der Waals surface area (Å²) in [6, 6.07) is 16.5. The summed E-state index contributed by atoms with van der Waals surface area (Å²) in [5.41, 5.74) is 2.39. The molecular formula is C20H22N4O3. The Labute approximate surface area is 158 Å². The molecule has 0 unspecified atom stereocenters. The molecule has 2 aromatic carbocycles. The van der Waals surface area contributed by atoms with Gasteiger partial charge < -0.3 is 15.5 Å². The second-order valence-electron chi connectivity index (χ2n) is 6.24. The van der Waals surface area contributed by atoms with Crippen molar-refractivity contribution >= 4 is 29.2 Å². The Morgan fingerprint density at radius 3 is 2.59 bits per heavy atom. The van der Waals surface area contributed by atoms with Crippen LogP contribution in [0, 0.1) is 0 Å². The molecule has 0 atom stereocenters. The Morgan fingerprint density at radius 1 is 1.15 bits per heavy atom. The van der Waals surface area contributed by atoms with Crippen molar-refractivity contribution in [1.29, 1.82) is 0 Å². The average molecular weight is 366 g/mol. The summed E-state index contributed by atoms with van der Waals surface area (Å²) < 4.78 is 0. The lowest BCUT2D eigenvalue weighted by molar-refractivity contribution is -0.125. The van der Waals surface area contributed by atoms with Gasteiger partial charge in [-0.3, -0.25) is 14.5 Å². The Balaban J connectivity index is 1.62. The Morgan fingerprint density at radius 2 is 1.93 bits per heavy atom. The molecule has 1 aliphatic heterocycles. The first-order valence-electron chi connectivity index (χ1n) is 8.84. The van der Waals surface area contributed by atoms with Gasteiger partial charge in [0.15, 0.2) is 0 Å². The van der Waals surface area contributed by atoms with Crippen LogP contribution >= 0.6 is 0 Å². The van der Waals surface area contributed by atoms with Crippen LogP contribution in [0.5, 0.6) is 0 Å². The van der Waals surface area contributed by atoms with E-state index in [2.05, 4.69) is 10.6 Å². The highest BCUT2D eigenvalue weighted by atomic mass is 16.2. The minimum Gasteiger partial charge on any atom is -0.362 e. The number of nitrogens with one attached hydrogen (secondary N) is 2. The molecule has 0 spiro atoms. The van der Waals surface area contributed by atoms with E-state index in [0.717, 1.165) is 16.2 Å². The van der Waals surface area contributed by atoms with Crippen LogP contribution in [0.1, 0.15) is 12.5 Å². The molecule has 1 fully saturated rings. The number of rotatable bonds is 7. The lowest BCUT2D eigenvalue weighted by atomic mass is 10.2. The Bertz CT molecular complexity index is 822. The van der Waals surface area contributed by atoms with Gasteiger partial charge in [0.1, 0.15) is 0 Å². The van der Waals surface area contributed by atoms with Crippen LogP contribution in [0.2, 0.25) is 0 Å². The number of benzene rings is 2. The maximum atomic E-state index is 12.4. The molecule has 0 saturated carbocycles. The highest BCUT2D eigenvalue weighted by Gasteiger charge is 2.28. The number of carbonyl (C=O) groups is 3. The third-order valence-corrected chi connectivity index (χ3v) is 4.33. The van der Waals surface area contributed by atoms with Gasteiger partial charge in [-0.05, 0) is 36.8 Å². The van der Waals surface area contributed by atoms with Crippen molar-refractivity contribution in [2.75, 3.05) is 29.9 Å². The van der Waals surface area contributed by atoms with E-state index in [4.69, 9.17) is 0 Å². The second kappa shape index (κ2) is 8.35. The number of likely N-dealkylation sites (N-methyl/N-ethyl adjacent to an activating group) is 1. The summed E-state index contributed by atoms with van der Waals surface area (Å²) in [5, 5.41) is 5.37. The molecule has 0 bridgehead atoms. The molecule has 1 aliphatic rings. The van der Waals surface area contributed by atoms with Gasteiger partial charge in [0.2, 0.25) is 11.8 Å². The Hall–Kier alpha value is -3.35. The molecule has 7 heteroatoms. The van der Waals surface area contributed by atoms with Crippen molar-refractivity contribution in [2.45, 2.75) is 13.5 Å². The van der Waals surface area contributed by atoms with Gasteiger partial charge in [-0.25, -0.2) is 4.79 Å². The number of urea groups is 1. The highest BCUT2D eigenvalue weighted by Crippen LogP contribution is 2.16. The molecule has 140 valence electrons. The molecule has 27 heavy (non-hydrogen) atoms. The van der Waals surface area contributed by atoms with Crippen molar-refractivity contribution < 1.29 is 14.4 Å². The van der Waals surface area contributed by atoms with Crippen LogP contribution in [0.15, 0.2) is 54.6 Å². The maximum absolute atomic E-state index is 12.4. The molecule has 1 heterocycles. The lowest BCUT2D eigenvalue weighted by Crippen LogP contribution is -2.33. The second-order valence-corrected chi connectivity index (χ2v) is 6.24. The number of nitrogens with zero attached hydrogens (tertiary/aromatic N) is 2. The Kier molecular flexibility index (Phi) is 5.71. The van der Waals surface area contributed by atoms with Crippen LogP contribution < -0.4 is 15.5 Å². The van der Waals surface area contributed by atoms with E-state index >= 15 is 0 Å². The summed E-state index contributed by atoms with van der Waals surface area (Å²) in [4.78, 5) is 38.9. The summed E-state index contributed by atoms with van der Waals surface area (Å²) >= 11 is 0. The quantitative estimate of drug-likeness (QED) is 0.736. The van der Waals surface area contributed by atoms with E-state index in [0.29, 0.717) is 12.2 Å². The van der Waals surface area contributed by atoms with Crippen LogP contribution in [-0.2, 0) is 16.1 Å². The predicted octanol–water partition coefficient (Wildman–Crippen LogP) is 2.20. The molecule has 3 rings (SSSR count). The topological polar surface area (TPSA) is 81.8 Å². The maximum Gasteiger partial charge on any atom is 0.324 e. The standard InChI is InChI=1S/C20H22N4O3/c1-2-23(17-9-4-3-5-10-17)14-18(25)22-16-8-6-7-15(11-16)13-24-19(26)12-21-20(24)27/h3-11H,2,12-14H2,1H3,(H,21,27)(H,22,25). The van der Waals surface area contributed by atoms with Crippen molar-refractivity contribution in [1.82, 2.24) is 10.2 Å². The van der Waals surface area contributed by atoms with E-state index < -0.39 is 6.03 Å². The zero-order valence-corrected chi connectivity index (χ0v) is 15.1. The van der Waals surface area contributed by atoms with Gasteiger partial charge in [-0.15, -0.1) is 0 Å². The van der Waals surface area contributed by atoms with Crippen molar-refractivity contribution in [3.05, 3.63) is 60.2 Å². The normalized spacial score (nSPS) is 13.4. The molecule has 4 amide bonds. The molecule has 0 aromatic heterocycles. The molecule has 2 N–H and O–H groups in total. The number of hydrogen-bond donors (Lipinski definition) is 2. The van der Waals surface area contributed by atoms with E-state index in [1.807, 2.05) is 48.2 Å². The van der Waals surface area contributed by atoms with Crippen molar-refractivity contribution in [3.8, 4) is 0 Å². The number of anilines is 2. The third kappa shape index (κ3) is 4.63. The largest absolute Gasteiger partial charge is 0.362 e. The number of imide groups is 1. The molecular weight excluding hydrogens is 344 g/mol. The van der Waals surface area contributed by atoms with E-state index in [1.54, 1.807) is 18.2 Å². The summed E-state index contributed by atoms with van der Waals surface area (Å²) in [7, 11) is 0. The van der Waals surface area contributed by atoms with E-state index in [1.165, 1.54) is 0 Å². The number of carbonyl (C=O) groups excluding carboxylic acids is 3. The van der Waals surface area contributed by atoms with Gasteiger partial charge in [0.05, 0.1) is 19.6 Å². The number of amides is 4. The third-order valence-electron chi connectivity index (χ3n) is 4.33. The van der Waals surface area contributed by atoms with Crippen LogP contribution in [0.3, 0.4) is 0 Å². The van der Waals surface area contributed by atoms with Gasteiger partial charge in [-0.1, -0.05) is 30.3 Å². The summed E-state index contributed by atoms with van der Waals surface area (Å²) in [5.74, 6) is -0.385. The predicted molar refractivity (Wildman–Crippen MR) is 103 cm³/mol. The summed E-state index contributed by atoms with van der Waals surface area (Å²) in [6.07, 6.45) is 0. The summed E-state index contributed by atoms with van der Waals surface area (Å²) in [6.45, 7) is 3.15. The smallest absolute Gasteiger partial charge is 0.324 e. The number of hydrogen-bond acceptors (Lipinski definition) is 4. The fraction of sp³-hybridized carbons (Fsp3) is 0.250. The molecule has 2 aromatic rings. The van der Waals surface area contributed by atoms with Gasteiger partial charge >= 0.3 is 6.03 Å². The van der Waals surface area contributed by atoms with Crippen molar-refractivity contribution in [2.24, 2.45) is 0 Å². The molecule has 0 radical (unpaired) electrons. The lowest BCUT2D eigenvalue weighted by Gasteiger charge is -2.22.